The number of aliphatic carboxylic acids is 1. The van der Waals surface area contributed by atoms with Crippen LogP contribution in [0.5, 0.6) is 5.75 Å². The summed E-state index contributed by atoms with van der Waals surface area (Å²) in [5.41, 5.74) is 0.604. The largest absolute Gasteiger partial charge is 0.481 e. The van der Waals surface area contributed by atoms with Gasteiger partial charge in [-0.2, -0.15) is 0 Å². The van der Waals surface area contributed by atoms with E-state index in [-0.39, 0.29) is 6.42 Å². The van der Waals surface area contributed by atoms with Crippen molar-refractivity contribution in [2.24, 2.45) is 0 Å². The highest BCUT2D eigenvalue weighted by Crippen LogP contribution is 2.11. The van der Waals surface area contributed by atoms with E-state index < -0.39 is 5.97 Å². The van der Waals surface area contributed by atoms with Crippen molar-refractivity contribution in [3.05, 3.63) is 36.9 Å². The summed E-state index contributed by atoms with van der Waals surface area (Å²) >= 11 is 0. The number of pyridine rings is 1. The van der Waals surface area contributed by atoms with Crippen LogP contribution in [-0.4, -0.2) is 16.1 Å². The van der Waals surface area contributed by atoms with Crippen molar-refractivity contribution in [1.29, 1.82) is 0 Å². The molecule has 4 nitrogen and oxygen atoms in total. The molecule has 1 rings (SSSR count). The Labute approximate surface area is 75.5 Å². The van der Waals surface area contributed by atoms with Crippen LogP contribution in [0.2, 0.25) is 0 Å². The number of nitrogens with zero attached hydrogens (tertiary/aromatic N) is 1. The van der Waals surface area contributed by atoms with Gasteiger partial charge in [-0.05, 0) is 11.6 Å². The zero-order valence-electron chi connectivity index (χ0n) is 6.93. The predicted molar refractivity (Wildman–Crippen MR) is 46.4 cm³/mol. The fourth-order valence-electron chi connectivity index (χ4n) is 0.896. The maximum Gasteiger partial charge on any atom is 0.307 e. The third-order valence-corrected chi connectivity index (χ3v) is 1.34. The highest BCUT2D eigenvalue weighted by Gasteiger charge is 2.01. The minimum atomic E-state index is -0.891. The van der Waals surface area contributed by atoms with E-state index >= 15 is 0 Å². The van der Waals surface area contributed by atoms with Gasteiger partial charge in [0.2, 0.25) is 0 Å². The molecule has 0 unspecified atom stereocenters. The zero-order chi connectivity index (χ0) is 9.68. The Kier molecular flexibility index (Phi) is 3.03. The van der Waals surface area contributed by atoms with Gasteiger partial charge in [0.05, 0.1) is 18.9 Å². The lowest BCUT2D eigenvalue weighted by molar-refractivity contribution is -0.136. The number of carboxylic acid groups (broad SMARTS) is 1. The van der Waals surface area contributed by atoms with Crippen LogP contribution >= 0.6 is 0 Å². The van der Waals surface area contributed by atoms with Gasteiger partial charge in [0.15, 0.2) is 0 Å². The number of carboxylic acids is 1. The van der Waals surface area contributed by atoms with Crippen molar-refractivity contribution < 1.29 is 14.6 Å². The number of hydrogen-bond donors (Lipinski definition) is 1. The highest BCUT2D eigenvalue weighted by atomic mass is 16.5. The smallest absolute Gasteiger partial charge is 0.307 e. The second-order valence-electron chi connectivity index (χ2n) is 2.38. The van der Waals surface area contributed by atoms with E-state index in [0.29, 0.717) is 11.3 Å². The third kappa shape index (κ3) is 2.94. The molecule has 1 aromatic heterocycles. The molecule has 68 valence electrons. The average Bonchev–Trinajstić information content (AvgIpc) is 2.04. The molecular formula is C9H9NO3. The Hall–Kier alpha value is -1.84. The maximum absolute atomic E-state index is 10.3. The molecule has 13 heavy (non-hydrogen) atoms. The molecule has 0 saturated heterocycles. The van der Waals surface area contributed by atoms with Gasteiger partial charge in [-0.15, -0.1) is 0 Å². The normalized spacial score (nSPS) is 9.23. The number of aromatic nitrogens is 1. The molecule has 0 aromatic carbocycles. The molecule has 0 atom stereocenters. The molecule has 0 spiro atoms. The fourth-order valence-corrected chi connectivity index (χ4v) is 0.896. The first-order valence-electron chi connectivity index (χ1n) is 3.65. The first kappa shape index (κ1) is 9.25. The average molecular weight is 179 g/mol. The van der Waals surface area contributed by atoms with Crippen LogP contribution < -0.4 is 4.74 Å². The number of ether oxygens (including phenoxy) is 1. The van der Waals surface area contributed by atoms with E-state index in [9.17, 15) is 4.79 Å². The number of rotatable bonds is 4. The lowest BCUT2D eigenvalue weighted by Crippen LogP contribution is -2.00. The summed E-state index contributed by atoms with van der Waals surface area (Å²) < 4.78 is 4.94. The van der Waals surface area contributed by atoms with Gasteiger partial charge < -0.3 is 9.84 Å². The third-order valence-electron chi connectivity index (χ3n) is 1.34. The Morgan fingerprint density at radius 1 is 1.69 bits per heavy atom. The van der Waals surface area contributed by atoms with Crippen LogP contribution in [0.25, 0.3) is 0 Å². The molecule has 0 aliphatic heterocycles. The minimum absolute atomic E-state index is 0.0542. The van der Waals surface area contributed by atoms with E-state index in [2.05, 4.69) is 11.6 Å². The molecule has 1 N–H and O–H groups in total. The Balaban J connectivity index is 2.78. The molecule has 0 aliphatic carbocycles. The summed E-state index contributed by atoms with van der Waals surface area (Å²) in [6.07, 6.45) is 4.19. The van der Waals surface area contributed by atoms with Crippen molar-refractivity contribution in [2.75, 3.05) is 0 Å². The molecule has 1 heterocycles. The van der Waals surface area contributed by atoms with E-state index in [1.807, 2.05) is 0 Å². The molecule has 4 heteroatoms. The highest BCUT2D eigenvalue weighted by molar-refractivity contribution is 5.70. The van der Waals surface area contributed by atoms with Crippen molar-refractivity contribution in [3.8, 4) is 5.75 Å². The monoisotopic (exact) mass is 179 g/mol. The van der Waals surface area contributed by atoms with Crippen LogP contribution in [-0.2, 0) is 11.2 Å². The van der Waals surface area contributed by atoms with Gasteiger partial charge in [0.25, 0.3) is 0 Å². The van der Waals surface area contributed by atoms with Crippen LogP contribution in [0.15, 0.2) is 31.3 Å². The summed E-state index contributed by atoms with van der Waals surface area (Å²) in [7, 11) is 0. The summed E-state index contributed by atoms with van der Waals surface area (Å²) in [6, 6.07) is 1.61. The molecule has 0 fully saturated rings. The van der Waals surface area contributed by atoms with Crippen molar-refractivity contribution >= 4 is 5.97 Å². The Bertz CT molecular complexity index is 322. The van der Waals surface area contributed by atoms with Crippen LogP contribution in [0.3, 0.4) is 0 Å². The summed E-state index contributed by atoms with van der Waals surface area (Å²) in [4.78, 5) is 14.2. The molecule has 0 radical (unpaired) electrons. The molecule has 0 amide bonds. The quantitative estimate of drug-likeness (QED) is 0.706. The van der Waals surface area contributed by atoms with Gasteiger partial charge in [-0.3, -0.25) is 9.78 Å². The molecule has 1 aromatic rings. The Morgan fingerprint density at radius 3 is 3.08 bits per heavy atom. The SMILES string of the molecule is C=COc1cncc(CC(=O)O)c1. The lowest BCUT2D eigenvalue weighted by Gasteiger charge is -2.00. The number of carbonyl (C=O) groups is 1. The standard InChI is InChI=1S/C9H9NO3/c1-2-13-8-3-7(4-9(11)12)5-10-6-8/h2-3,5-6H,1,4H2,(H,11,12). The topological polar surface area (TPSA) is 59.4 Å². The van der Waals surface area contributed by atoms with E-state index in [1.165, 1.54) is 18.7 Å². The first-order valence-corrected chi connectivity index (χ1v) is 3.65. The second-order valence-corrected chi connectivity index (χ2v) is 2.38. The van der Waals surface area contributed by atoms with Crippen LogP contribution in [0, 0.1) is 0 Å². The van der Waals surface area contributed by atoms with E-state index in [4.69, 9.17) is 9.84 Å². The van der Waals surface area contributed by atoms with Gasteiger partial charge >= 0.3 is 5.97 Å². The van der Waals surface area contributed by atoms with Gasteiger partial charge in [0.1, 0.15) is 5.75 Å². The lowest BCUT2D eigenvalue weighted by atomic mass is 10.2. The van der Waals surface area contributed by atoms with E-state index in [0.717, 1.165) is 0 Å². The van der Waals surface area contributed by atoms with Gasteiger partial charge in [-0.25, -0.2) is 0 Å². The van der Waals surface area contributed by atoms with Crippen molar-refractivity contribution in [1.82, 2.24) is 4.98 Å². The molecule has 0 saturated carbocycles. The van der Waals surface area contributed by atoms with Crippen molar-refractivity contribution in [2.45, 2.75) is 6.42 Å². The minimum Gasteiger partial charge on any atom is -0.481 e. The summed E-state index contributed by atoms with van der Waals surface area (Å²) in [6.45, 7) is 3.38. The van der Waals surface area contributed by atoms with Crippen LogP contribution in [0.4, 0.5) is 0 Å². The number of hydrogen-bond acceptors (Lipinski definition) is 3. The molecular weight excluding hydrogens is 170 g/mol. The maximum atomic E-state index is 10.3. The Morgan fingerprint density at radius 2 is 2.46 bits per heavy atom. The van der Waals surface area contributed by atoms with Gasteiger partial charge in [-0.1, -0.05) is 6.58 Å². The predicted octanol–water partition coefficient (Wildman–Crippen LogP) is 1.23. The van der Waals surface area contributed by atoms with Crippen LogP contribution in [0.1, 0.15) is 5.56 Å². The summed E-state index contributed by atoms with van der Waals surface area (Å²) in [5.74, 6) is -0.397. The second kappa shape index (κ2) is 4.25. The fraction of sp³-hybridized carbons (Fsp3) is 0.111. The summed E-state index contributed by atoms with van der Waals surface area (Å²) in [5, 5.41) is 8.50. The molecule has 0 bridgehead atoms. The first-order chi connectivity index (χ1) is 6.22. The molecule has 0 aliphatic rings. The zero-order valence-corrected chi connectivity index (χ0v) is 6.93. The van der Waals surface area contributed by atoms with Gasteiger partial charge in [0, 0.05) is 6.20 Å². The van der Waals surface area contributed by atoms with E-state index in [1.54, 1.807) is 6.07 Å². The van der Waals surface area contributed by atoms with Crippen molar-refractivity contribution in [3.63, 3.8) is 0 Å².